The fraction of sp³-hybridized carbons (Fsp3) is 0.435. The monoisotopic (exact) mass is 472 g/mol. The van der Waals surface area contributed by atoms with Crippen molar-refractivity contribution in [3.05, 3.63) is 46.0 Å². The fourth-order valence-corrected chi connectivity index (χ4v) is 4.70. The van der Waals surface area contributed by atoms with E-state index in [2.05, 4.69) is 19.8 Å². The van der Waals surface area contributed by atoms with Gasteiger partial charge in [0.1, 0.15) is 16.6 Å². The Morgan fingerprint density at radius 1 is 0.875 bits per heavy atom. The number of carbonyl (C=O) groups is 3. The maximum atomic E-state index is 12.0. The van der Waals surface area contributed by atoms with Crippen LogP contribution in [0.5, 0.6) is 0 Å². The number of hydrogen-bond acceptors (Lipinski definition) is 7. The van der Waals surface area contributed by atoms with Crippen LogP contribution in [0.15, 0.2) is 24.5 Å². The minimum Gasteiger partial charge on any atom is -0.367 e. The summed E-state index contributed by atoms with van der Waals surface area (Å²) in [6.45, 7) is 1.30. The molecule has 0 spiro atoms. The molecule has 9 heteroatoms. The van der Waals surface area contributed by atoms with Crippen molar-refractivity contribution in [2.75, 3.05) is 22.9 Å². The lowest BCUT2D eigenvalue weighted by molar-refractivity contribution is -0.109. The third-order valence-corrected chi connectivity index (χ3v) is 6.75. The molecule has 2 aromatic rings. The number of aldehydes is 1. The smallest absolute Gasteiger partial charge is 0.178 e. The summed E-state index contributed by atoms with van der Waals surface area (Å²) in [6, 6.07) is 4.60. The number of pyridine rings is 2. The maximum absolute atomic E-state index is 12.0. The summed E-state index contributed by atoms with van der Waals surface area (Å²) in [5.74, 6) is -0.520. The molecule has 0 radical (unpaired) electrons. The molecule has 2 aliphatic carbocycles. The first-order valence-electron chi connectivity index (χ1n) is 10.8. The third-order valence-electron chi connectivity index (χ3n) is 6.33. The molecule has 32 heavy (non-hydrogen) atoms. The molecule has 166 valence electrons. The molecule has 7 nitrogen and oxygen atoms in total. The molecule has 1 atom stereocenters. The molecule has 0 saturated heterocycles. The Bertz CT molecular complexity index is 1100. The summed E-state index contributed by atoms with van der Waals surface area (Å²) in [7, 11) is 0. The van der Waals surface area contributed by atoms with E-state index in [0.717, 1.165) is 42.6 Å². The predicted octanol–water partition coefficient (Wildman–Crippen LogP) is 4.01. The molecular formula is C23H22Cl2N4O3. The zero-order valence-corrected chi connectivity index (χ0v) is 18.8. The number of hydrogen-bond donors (Lipinski definition) is 0. The molecule has 1 unspecified atom stereocenters. The van der Waals surface area contributed by atoms with Gasteiger partial charge in [0, 0.05) is 44.0 Å². The van der Waals surface area contributed by atoms with Gasteiger partial charge in [-0.25, -0.2) is 9.97 Å². The van der Waals surface area contributed by atoms with Gasteiger partial charge in [0.05, 0.1) is 28.4 Å². The van der Waals surface area contributed by atoms with Crippen LogP contribution in [0.25, 0.3) is 0 Å². The number of nitrogens with zero attached hydrogens (tertiary/aromatic N) is 4. The standard InChI is InChI=1S/C12H11ClN2O2.C11H11ClN2O/c13-11-3-10-9(4-14-11)12(17)7(6-16)5-15(10)8-1-2-8;12-11-5-9-8(6-13-11)10(15)3-4-14(9)7-1-2-7/h3-4,6-8H,1-2,5H2;5-7H,1-4H2. The van der Waals surface area contributed by atoms with E-state index in [1.54, 1.807) is 12.3 Å². The Morgan fingerprint density at radius 3 is 2.03 bits per heavy atom. The molecule has 0 N–H and O–H groups in total. The summed E-state index contributed by atoms with van der Waals surface area (Å²) >= 11 is 11.7. The second-order valence-corrected chi connectivity index (χ2v) is 9.41. The number of aromatic nitrogens is 2. The molecule has 0 amide bonds. The summed E-state index contributed by atoms with van der Waals surface area (Å²) in [4.78, 5) is 46.9. The normalized spacial score (nSPS) is 22.0. The van der Waals surface area contributed by atoms with Gasteiger partial charge in [-0.2, -0.15) is 0 Å². The van der Waals surface area contributed by atoms with E-state index in [-0.39, 0.29) is 11.6 Å². The van der Waals surface area contributed by atoms with Crippen molar-refractivity contribution in [2.45, 2.75) is 44.2 Å². The van der Waals surface area contributed by atoms with Gasteiger partial charge in [-0.3, -0.25) is 9.59 Å². The summed E-state index contributed by atoms with van der Waals surface area (Å²) in [5, 5.41) is 0.848. The van der Waals surface area contributed by atoms with E-state index in [1.807, 2.05) is 6.07 Å². The molecule has 2 saturated carbocycles. The first kappa shape index (κ1) is 21.3. The lowest BCUT2D eigenvalue weighted by Gasteiger charge is -2.33. The topological polar surface area (TPSA) is 83.5 Å². The highest BCUT2D eigenvalue weighted by Gasteiger charge is 2.39. The Balaban J connectivity index is 0.000000136. The summed E-state index contributed by atoms with van der Waals surface area (Å²) in [6.07, 6.45) is 9.10. The maximum Gasteiger partial charge on any atom is 0.178 e. The quantitative estimate of drug-likeness (QED) is 0.379. The van der Waals surface area contributed by atoms with E-state index in [1.165, 1.54) is 19.0 Å². The molecule has 0 aromatic carbocycles. The second kappa shape index (κ2) is 8.45. The highest BCUT2D eigenvalue weighted by Crippen LogP contribution is 2.39. The number of halogens is 2. The summed E-state index contributed by atoms with van der Waals surface area (Å²) < 4.78 is 0. The van der Waals surface area contributed by atoms with E-state index in [0.29, 0.717) is 40.9 Å². The summed E-state index contributed by atoms with van der Waals surface area (Å²) in [5.41, 5.74) is 3.06. The number of carbonyl (C=O) groups excluding carboxylic acids is 3. The molecule has 2 aliphatic heterocycles. The fourth-order valence-electron chi connectivity index (χ4n) is 4.39. The van der Waals surface area contributed by atoms with Gasteiger partial charge in [0.15, 0.2) is 11.6 Å². The van der Waals surface area contributed by atoms with Crippen LogP contribution < -0.4 is 9.80 Å². The van der Waals surface area contributed by atoms with Gasteiger partial charge >= 0.3 is 0 Å². The largest absolute Gasteiger partial charge is 0.367 e. The van der Waals surface area contributed by atoms with Crippen LogP contribution in [-0.2, 0) is 4.79 Å². The number of fused-ring (bicyclic) bond motifs is 2. The third kappa shape index (κ3) is 4.11. The van der Waals surface area contributed by atoms with Gasteiger partial charge in [0.2, 0.25) is 0 Å². The molecular weight excluding hydrogens is 451 g/mol. The van der Waals surface area contributed by atoms with Crippen molar-refractivity contribution >= 4 is 52.4 Å². The Kier molecular flexibility index (Phi) is 5.63. The SMILES string of the molecule is O=C1CCN(C2CC2)c2cc(Cl)ncc21.O=CC1CN(C2CC2)c2cc(Cl)ncc2C1=O. The van der Waals surface area contributed by atoms with Gasteiger partial charge < -0.3 is 14.6 Å². The van der Waals surface area contributed by atoms with Gasteiger partial charge in [-0.1, -0.05) is 23.2 Å². The van der Waals surface area contributed by atoms with Gasteiger partial charge in [-0.15, -0.1) is 0 Å². The Hall–Kier alpha value is -2.51. The van der Waals surface area contributed by atoms with Gasteiger partial charge in [-0.05, 0) is 37.8 Å². The Morgan fingerprint density at radius 2 is 1.44 bits per heavy atom. The van der Waals surface area contributed by atoms with Crippen molar-refractivity contribution < 1.29 is 14.4 Å². The average Bonchev–Trinajstić information content (AvgIpc) is 3.68. The van der Waals surface area contributed by atoms with Crippen molar-refractivity contribution in [2.24, 2.45) is 5.92 Å². The van der Waals surface area contributed by atoms with Crippen LogP contribution in [0.4, 0.5) is 11.4 Å². The average molecular weight is 473 g/mol. The van der Waals surface area contributed by atoms with E-state index in [9.17, 15) is 14.4 Å². The van der Waals surface area contributed by atoms with E-state index >= 15 is 0 Å². The van der Waals surface area contributed by atoms with Crippen LogP contribution in [0.2, 0.25) is 10.3 Å². The zero-order valence-electron chi connectivity index (χ0n) is 17.3. The molecule has 4 aliphatic rings. The first-order chi connectivity index (χ1) is 15.5. The Labute approximate surface area is 195 Å². The van der Waals surface area contributed by atoms with Crippen molar-refractivity contribution in [3.8, 4) is 0 Å². The number of Topliss-reactive ketones (excluding diaryl/α,β-unsaturated/α-hetero) is 2. The number of ketones is 2. The lowest BCUT2D eigenvalue weighted by atomic mass is 9.93. The zero-order chi connectivity index (χ0) is 22.4. The highest BCUT2D eigenvalue weighted by molar-refractivity contribution is 6.30. The van der Waals surface area contributed by atoms with Crippen molar-refractivity contribution in [3.63, 3.8) is 0 Å². The molecule has 6 rings (SSSR count). The van der Waals surface area contributed by atoms with Crippen LogP contribution >= 0.6 is 23.2 Å². The first-order valence-corrected chi connectivity index (χ1v) is 11.6. The molecule has 2 fully saturated rings. The minimum atomic E-state index is -0.564. The number of anilines is 2. The van der Waals surface area contributed by atoms with E-state index < -0.39 is 5.92 Å². The molecule has 2 aromatic heterocycles. The minimum absolute atomic E-state index is 0.143. The molecule has 4 heterocycles. The highest BCUT2D eigenvalue weighted by atomic mass is 35.5. The van der Waals surface area contributed by atoms with E-state index in [4.69, 9.17) is 23.2 Å². The predicted molar refractivity (Wildman–Crippen MR) is 122 cm³/mol. The molecule has 0 bridgehead atoms. The van der Waals surface area contributed by atoms with Crippen LogP contribution in [0.3, 0.4) is 0 Å². The van der Waals surface area contributed by atoms with Crippen LogP contribution in [0, 0.1) is 5.92 Å². The number of rotatable bonds is 3. The lowest BCUT2D eigenvalue weighted by Crippen LogP contribution is -2.41. The second-order valence-electron chi connectivity index (χ2n) is 8.64. The van der Waals surface area contributed by atoms with Crippen LogP contribution in [-0.4, -0.2) is 53.0 Å². The van der Waals surface area contributed by atoms with Gasteiger partial charge in [0.25, 0.3) is 0 Å². The van der Waals surface area contributed by atoms with Crippen molar-refractivity contribution in [1.29, 1.82) is 0 Å². The van der Waals surface area contributed by atoms with Crippen molar-refractivity contribution in [1.82, 2.24) is 9.97 Å². The van der Waals surface area contributed by atoms with Crippen LogP contribution in [0.1, 0.15) is 52.8 Å².